The van der Waals surface area contributed by atoms with Crippen LogP contribution in [0.3, 0.4) is 0 Å². The number of aliphatic imine (C=N–C) groups is 1. The highest BCUT2D eigenvalue weighted by atomic mass is 16.5. The number of amides is 3. The molecule has 3 amide bonds. The van der Waals surface area contributed by atoms with Crippen molar-refractivity contribution in [3.8, 4) is 22.6 Å². The van der Waals surface area contributed by atoms with Crippen molar-refractivity contribution in [3.05, 3.63) is 89.7 Å². The van der Waals surface area contributed by atoms with Crippen molar-refractivity contribution in [2.75, 3.05) is 30.5 Å². The van der Waals surface area contributed by atoms with Crippen molar-refractivity contribution >= 4 is 47.5 Å². The summed E-state index contributed by atoms with van der Waals surface area (Å²) in [5, 5.41) is 14.3. The van der Waals surface area contributed by atoms with E-state index in [2.05, 4.69) is 10.6 Å². The number of hydrogen-bond acceptors (Lipinski definition) is 7. The van der Waals surface area contributed by atoms with E-state index in [1.807, 2.05) is 97.1 Å². The SMILES string of the molecule is CC.CC.CC.COc1cc(C)c(N=CC2Cc3ccccc3N2C=O)cc1OCCCC(=O)Nc1ccc(-c2cc(C(=O)NCCC(=O)O)n(C)c2)cc1. The number of carbonyl (C=O) groups is 4. The van der Waals surface area contributed by atoms with Crippen LogP contribution in [0.4, 0.5) is 17.1 Å². The third kappa shape index (κ3) is 12.9. The van der Waals surface area contributed by atoms with Gasteiger partial charge in [-0.25, -0.2) is 0 Å². The minimum Gasteiger partial charge on any atom is -0.493 e. The number of aryl methyl sites for hydroxylation is 2. The molecule has 1 unspecified atom stereocenters. The summed E-state index contributed by atoms with van der Waals surface area (Å²) in [6.45, 7) is 14.3. The molecule has 0 aliphatic carbocycles. The van der Waals surface area contributed by atoms with E-state index in [0.717, 1.165) is 34.4 Å². The molecule has 12 nitrogen and oxygen atoms in total. The molecule has 1 aliphatic rings. The van der Waals surface area contributed by atoms with Gasteiger partial charge in [-0.1, -0.05) is 71.9 Å². The highest BCUT2D eigenvalue weighted by Gasteiger charge is 2.27. The Morgan fingerprint density at radius 2 is 1.62 bits per heavy atom. The smallest absolute Gasteiger partial charge is 0.305 e. The van der Waals surface area contributed by atoms with Crippen LogP contribution in [0.1, 0.15) is 82.4 Å². The molecule has 296 valence electrons. The molecular weight excluding hydrogens is 699 g/mol. The van der Waals surface area contributed by atoms with Crippen LogP contribution in [0.5, 0.6) is 11.5 Å². The molecule has 0 spiro atoms. The first kappa shape index (κ1) is 45.2. The lowest BCUT2D eigenvalue weighted by Crippen LogP contribution is -2.31. The van der Waals surface area contributed by atoms with Crippen LogP contribution in [0.25, 0.3) is 11.1 Å². The topological polar surface area (TPSA) is 152 Å². The second kappa shape index (κ2) is 23.7. The number of methoxy groups -OCH3 is 1. The van der Waals surface area contributed by atoms with Gasteiger partial charge >= 0.3 is 5.97 Å². The lowest BCUT2D eigenvalue weighted by atomic mass is 10.1. The van der Waals surface area contributed by atoms with Gasteiger partial charge in [0.2, 0.25) is 12.3 Å². The molecule has 4 aromatic rings. The fourth-order valence-corrected chi connectivity index (χ4v) is 5.63. The van der Waals surface area contributed by atoms with Gasteiger partial charge in [0.1, 0.15) is 5.69 Å². The van der Waals surface area contributed by atoms with Gasteiger partial charge in [-0.3, -0.25) is 24.2 Å². The first-order chi connectivity index (χ1) is 26.7. The van der Waals surface area contributed by atoms with E-state index in [1.165, 1.54) is 0 Å². The van der Waals surface area contributed by atoms with Gasteiger partial charge in [0.25, 0.3) is 5.91 Å². The Morgan fingerprint density at radius 3 is 2.27 bits per heavy atom. The first-order valence-electron chi connectivity index (χ1n) is 18.9. The third-order valence-corrected chi connectivity index (χ3v) is 8.21. The summed E-state index contributed by atoms with van der Waals surface area (Å²) in [7, 11) is 3.31. The fourth-order valence-electron chi connectivity index (χ4n) is 5.63. The zero-order valence-electron chi connectivity index (χ0n) is 33.6. The highest BCUT2D eigenvalue weighted by Crippen LogP contribution is 2.36. The zero-order chi connectivity index (χ0) is 40.9. The second-order valence-corrected chi connectivity index (χ2v) is 11.7. The number of para-hydroxylation sites is 1. The van der Waals surface area contributed by atoms with Gasteiger partial charge in [0, 0.05) is 61.9 Å². The van der Waals surface area contributed by atoms with Gasteiger partial charge in [0.05, 0.1) is 31.9 Å². The van der Waals surface area contributed by atoms with Crippen LogP contribution in [-0.4, -0.2) is 66.4 Å². The summed E-state index contributed by atoms with van der Waals surface area (Å²) in [5.41, 5.74) is 6.31. The van der Waals surface area contributed by atoms with Crippen LogP contribution in [0.2, 0.25) is 0 Å². The van der Waals surface area contributed by atoms with Gasteiger partial charge in [-0.05, 0) is 60.4 Å². The maximum Gasteiger partial charge on any atom is 0.305 e. The normalized spacial score (nSPS) is 12.5. The Bertz CT molecular complexity index is 1870. The molecule has 12 heteroatoms. The molecule has 2 heterocycles. The molecule has 5 rings (SSSR count). The Hall–Kier alpha value is -5.91. The largest absolute Gasteiger partial charge is 0.493 e. The molecule has 0 bridgehead atoms. The molecule has 3 aromatic carbocycles. The molecule has 3 N–H and O–H groups in total. The van der Waals surface area contributed by atoms with E-state index in [1.54, 1.807) is 54.1 Å². The third-order valence-electron chi connectivity index (χ3n) is 8.21. The number of aliphatic carboxylic acids is 1. The average Bonchev–Trinajstić information content (AvgIpc) is 3.78. The number of fused-ring (bicyclic) bond motifs is 1. The maximum atomic E-state index is 12.7. The van der Waals surface area contributed by atoms with Gasteiger partial charge < -0.3 is 34.7 Å². The number of carbonyl (C=O) groups excluding carboxylic acids is 3. The van der Waals surface area contributed by atoms with Crippen molar-refractivity contribution < 1.29 is 33.8 Å². The predicted octanol–water partition coefficient (Wildman–Crippen LogP) is 8.38. The Kier molecular flexibility index (Phi) is 19.5. The van der Waals surface area contributed by atoms with E-state index in [9.17, 15) is 19.2 Å². The minimum atomic E-state index is -0.978. The maximum absolute atomic E-state index is 12.7. The monoisotopic (exact) mass is 755 g/mol. The summed E-state index contributed by atoms with van der Waals surface area (Å²) in [5.74, 6) is -0.410. The molecule has 1 atom stereocenters. The van der Waals surface area contributed by atoms with E-state index in [0.29, 0.717) is 41.4 Å². The molecular formula is C43H57N5O7. The van der Waals surface area contributed by atoms with Gasteiger partial charge in [0.15, 0.2) is 11.5 Å². The van der Waals surface area contributed by atoms with Crippen LogP contribution >= 0.6 is 0 Å². The average molecular weight is 756 g/mol. The number of carboxylic acid groups (broad SMARTS) is 1. The minimum absolute atomic E-state index is 0.0469. The molecule has 0 saturated heterocycles. The van der Waals surface area contributed by atoms with Crippen molar-refractivity contribution in [1.29, 1.82) is 0 Å². The van der Waals surface area contributed by atoms with Crippen LogP contribution in [0.15, 0.2) is 77.9 Å². The summed E-state index contributed by atoms with van der Waals surface area (Å²) < 4.78 is 13.2. The van der Waals surface area contributed by atoms with Crippen LogP contribution < -0.4 is 25.0 Å². The standard InChI is InChI=1S/C37H39N5O7.3C2H6/c1-24-17-33(48-3)34(20-30(24)39-21-29-18-26-7-4-5-8-31(26)42(29)23-43)49-16-6-9-35(44)40-28-12-10-25(11-13-28)27-19-32(41(2)22-27)37(47)38-15-14-36(45)46;3*1-2/h4-5,7-8,10-13,17,19-23,29H,6,9,14-16,18H2,1-3H3,(H,38,47)(H,40,44)(H,45,46);3*1-2H3. The van der Waals surface area contributed by atoms with E-state index in [4.69, 9.17) is 19.6 Å². The van der Waals surface area contributed by atoms with Gasteiger partial charge in [-0.15, -0.1) is 0 Å². The van der Waals surface area contributed by atoms with Crippen molar-refractivity contribution in [3.63, 3.8) is 0 Å². The number of nitrogens with zero attached hydrogens (tertiary/aromatic N) is 3. The zero-order valence-corrected chi connectivity index (χ0v) is 33.6. The summed E-state index contributed by atoms with van der Waals surface area (Å²) in [6.07, 6.45) is 5.68. The number of nitrogens with one attached hydrogen (secondary N) is 2. The number of anilines is 2. The predicted molar refractivity (Wildman–Crippen MR) is 221 cm³/mol. The Morgan fingerprint density at radius 1 is 0.927 bits per heavy atom. The number of benzene rings is 3. The molecule has 1 aliphatic heterocycles. The van der Waals surface area contributed by atoms with Crippen LogP contribution in [0, 0.1) is 6.92 Å². The summed E-state index contributed by atoms with van der Waals surface area (Å²) in [6, 6.07) is 20.3. The van der Waals surface area contributed by atoms with Crippen molar-refractivity contribution in [2.24, 2.45) is 12.0 Å². The quantitative estimate of drug-likeness (QED) is 0.0626. The number of aromatic nitrogens is 1. The number of rotatable bonds is 15. The molecule has 0 fully saturated rings. The Labute approximate surface area is 325 Å². The molecule has 1 aromatic heterocycles. The molecule has 0 radical (unpaired) electrons. The lowest BCUT2D eigenvalue weighted by Gasteiger charge is -2.17. The van der Waals surface area contributed by atoms with Crippen molar-refractivity contribution in [1.82, 2.24) is 9.88 Å². The number of ether oxygens (including phenoxy) is 2. The molecule has 0 saturated carbocycles. The van der Waals surface area contributed by atoms with Gasteiger partial charge in [-0.2, -0.15) is 0 Å². The second-order valence-electron chi connectivity index (χ2n) is 11.7. The van der Waals surface area contributed by atoms with Crippen molar-refractivity contribution in [2.45, 2.75) is 80.2 Å². The van der Waals surface area contributed by atoms with E-state index >= 15 is 0 Å². The Balaban J connectivity index is 0.00000166. The summed E-state index contributed by atoms with van der Waals surface area (Å²) >= 11 is 0. The number of hydrogen-bond donors (Lipinski definition) is 3. The highest BCUT2D eigenvalue weighted by molar-refractivity contribution is 5.95. The number of carboxylic acids is 1. The van der Waals surface area contributed by atoms with E-state index in [-0.39, 0.29) is 43.8 Å². The lowest BCUT2D eigenvalue weighted by molar-refractivity contribution is -0.136. The van der Waals surface area contributed by atoms with Crippen LogP contribution in [-0.2, 0) is 27.9 Å². The first-order valence-corrected chi connectivity index (χ1v) is 18.9. The van der Waals surface area contributed by atoms with E-state index < -0.39 is 5.97 Å². The molecule has 55 heavy (non-hydrogen) atoms. The fraction of sp³-hybridized carbons (Fsp3) is 0.372. The summed E-state index contributed by atoms with van der Waals surface area (Å²) in [4.78, 5) is 54.0.